The first-order valence-electron chi connectivity index (χ1n) is 7.34. The highest BCUT2D eigenvalue weighted by Gasteiger charge is 2.31. The Morgan fingerprint density at radius 1 is 1.48 bits per heavy atom. The molecule has 0 bridgehead atoms. The van der Waals surface area contributed by atoms with E-state index in [4.69, 9.17) is 14.2 Å². The molecule has 8 nitrogen and oxygen atoms in total. The number of ether oxygens (including phenoxy) is 3. The monoisotopic (exact) mass is 325 g/mol. The van der Waals surface area contributed by atoms with Crippen molar-refractivity contribution in [1.82, 2.24) is 14.7 Å². The molecular weight excluding hydrogens is 302 g/mol. The first-order chi connectivity index (χ1) is 10.7. The van der Waals surface area contributed by atoms with Crippen LogP contribution in [-0.4, -0.2) is 47.8 Å². The van der Waals surface area contributed by atoms with Crippen molar-refractivity contribution in [1.29, 1.82) is 0 Å². The van der Waals surface area contributed by atoms with Gasteiger partial charge in [0.1, 0.15) is 6.61 Å². The average molecular weight is 325 g/mol. The number of carbonyl (C=O) groups is 1. The van der Waals surface area contributed by atoms with Gasteiger partial charge < -0.3 is 19.1 Å². The molecule has 1 aliphatic rings. The van der Waals surface area contributed by atoms with Crippen LogP contribution >= 0.6 is 0 Å². The van der Waals surface area contributed by atoms with E-state index in [0.29, 0.717) is 5.56 Å². The highest BCUT2D eigenvalue weighted by atomic mass is 16.9. The predicted octanol–water partition coefficient (Wildman–Crippen LogP) is 1.76. The molecule has 1 aromatic heterocycles. The summed E-state index contributed by atoms with van der Waals surface area (Å²) in [5.41, 5.74) is -0.238. The number of nitrogens with zero attached hydrogens (tertiary/aromatic N) is 2. The molecule has 1 aliphatic heterocycles. The Bertz CT molecular complexity index is 638. The smallest absolute Gasteiger partial charge is 0.409 e. The fourth-order valence-corrected chi connectivity index (χ4v) is 1.88. The van der Waals surface area contributed by atoms with Gasteiger partial charge in [-0.3, -0.25) is 9.89 Å². The number of carbonyl (C=O) groups excluding carboxylic acids is 1. The summed E-state index contributed by atoms with van der Waals surface area (Å²) in [6.45, 7) is 5.77. The molecule has 1 N–H and O–H groups in total. The second kappa shape index (κ2) is 6.59. The number of rotatable bonds is 5. The Labute approximate surface area is 134 Å². The van der Waals surface area contributed by atoms with E-state index < -0.39 is 17.8 Å². The van der Waals surface area contributed by atoms with Crippen molar-refractivity contribution in [2.45, 2.75) is 33.4 Å². The van der Waals surface area contributed by atoms with Crippen LogP contribution in [0.4, 0.5) is 4.79 Å². The molecule has 1 saturated heterocycles. The van der Waals surface area contributed by atoms with Crippen molar-refractivity contribution in [3.05, 3.63) is 28.2 Å². The molecule has 2 heterocycles. The third-order valence-electron chi connectivity index (χ3n) is 3.32. The molecule has 0 spiro atoms. The average Bonchev–Trinajstić information content (AvgIpc) is 2.80. The summed E-state index contributed by atoms with van der Waals surface area (Å²) < 4.78 is 17.1. The third-order valence-corrected chi connectivity index (χ3v) is 3.32. The largest absolute Gasteiger partial charge is 0.449 e. The van der Waals surface area contributed by atoms with Gasteiger partial charge in [0.05, 0.1) is 5.56 Å². The van der Waals surface area contributed by atoms with Crippen LogP contribution in [0, 0.1) is 5.41 Å². The number of amides is 1. The first-order valence-corrected chi connectivity index (χ1v) is 7.34. The number of aromatic amines is 1. The Morgan fingerprint density at radius 3 is 2.70 bits per heavy atom. The molecular formula is C15H23N3O5. The van der Waals surface area contributed by atoms with Crippen molar-refractivity contribution in [3.8, 4) is 0 Å². The fourth-order valence-electron chi connectivity index (χ4n) is 1.88. The maximum Gasteiger partial charge on any atom is 0.409 e. The molecule has 128 valence electrons. The van der Waals surface area contributed by atoms with E-state index in [-0.39, 0.29) is 18.5 Å². The van der Waals surface area contributed by atoms with Gasteiger partial charge in [0.2, 0.25) is 0 Å². The molecule has 8 heteroatoms. The zero-order chi connectivity index (χ0) is 17.2. The molecule has 0 aliphatic carbocycles. The number of hydrogen-bond acceptors (Lipinski definition) is 5. The van der Waals surface area contributed by atoms with Crippen LogP contribution < -0.4 is 5.56 Å². The van der Waals surface area contributed by atoms with Gasteiger partial charge in [-0.2, -0.15) is 0 Å². The quantitative estimate of drug-likeness (QED) is 0.891. The lowest BCUT2D eigenvalue weighted by Gasteiger charge is -2.32. The van der Waals surface area contributed by atoms with E-state index in [2.05, 4.69) is 5.10 Å². The molecule has 1 aromatic rings. The molecule has 0 radical (unpaired) electrons. The maximum absolute atomic E-state index is 12.2. The minimum Gasteiger partial charge on any atom is -0.449 e. The van der Waals surface area contributed by atoms with Gasteiger partial charge in [0.15, 0.2) is 12.6 Å². The van der Waals surface area contributed by atoms with Crippen molar-refractivity contribution in [2.24, 2.45) is 5.41 Å². The van der Waals surface area contributed by atoms with Gasteiger partial charge in [-0.05, 0) is 6.92 Å². The van der Waals surface area contributed by atoms with Crippen molar-refractivity contribution < 1.29 is 19.0 Å². The van der Waals surface area contributed by atoms with Crippen LogP contribution in [0.2, 0.25) is 0 Å². The van der Waals surface area contributed by atoms with Crippen LogP contribution in [0.25, 0.3) is 6.20 Å². The Balaban J connectivity index is 1.99. The zero-order valence-corrected chi connectivity index (χ0v) is 14.0. The van der Waals surface area contributed by atoms with E-state index in [1.165, 1.54) is 9.58 Å². The standard InChI is InChI=1S/C15H23N3O5/c1-10-22-13(23-10)11-8-16-18(12(11)19)7-6-15(2,3)9-21-14(20)17(4)5/h6-8,10,13,16H,9H2,1-5H3/b7-6+. The van der Waals surface area contributed by atoms with E-state index in [1.54, 1.807) is 39.5 Å². The molecule has 0 atom stereocenters. The van der Waals surface area contributed by atoms with Gasteiger partial charge in [-0.1, -0.05) is 19.9 Å². The summed E-state index contributed by atoms with van der Waals surface area (Å²) in [5.74, 6) is 0. The van der Waals surface area contributed by atoms with Gasteiger partial charge in [0, 0.05) is 31.9 Å². The molecule has 23 heavy (non-hydrogen) atoms. The second-order valence-electron chi connectivity index (χ2n) is 6.33. The normalized spacial score (nSPS) is 21.3. The Hall–Kier alpha value is -2.06. The topological polar surface area (TPSA) is 85.8 Å². The van der Waals surface area contributed by atoms with Crippen molar-refractivity contribution in [3.63, 3.8) is 0 Å². The Kier molecular flexibility index (Phi) is 4.96. The fraction of sp³-hybridized carbons (Fsp3) is 0.600. The maximum atomic E-state index is 12.2. The summed E-state index contributed by atoms with van der Waals surface area (Å²) >= 11 is 0. The summed E-state index contributed by atoms with van der Waals surface area (Å²) in [5, 5.41) is 2.84. The second-order valence-corrected chi connectivity index (χ2v) is 6.33. The summed E-state index contributed by atoms with van der Waals surface area (Å²) in [4.78, 5) is 25.0. The number of hydrogen-bond donors (Lipinski definition) is 1. The highest BCUT2D eigenvalue weighted by Crippen LogP contribution is 2.29. The summed E-state index contributed by atoms with van der Waals surface area (Å²) in [6, 6.07) is 0. The first kappa shape index (κ1) is 17.3. The minimum atomic E-state index is -0.613. The Morgan fingerprint density at radius 2 is 2.13 bits per heavy atom. The van der Waals surface area contributed by atoms with Gasteiger partial charge in [-0.15, -0.1) is 0 Å². The van der Waals surface area contributed by atoms with Crippen molar-refractivity contribution in [2.75, 3.05) is 20.7 Å². The van der Waals surface area contributed by atoms with Crippen LogP contribution in [-0.2, 0) is 14.2 Å². The van der Waals surface area contributed by atoms with Crippen LogP contribution in [0.5, 0.6) is 0 Å². The van der Waals surface area contributed by atoms with Crippen LogP contribution in [0.15, 0.2) is 17.1 Å². The molecule has 1 amide bonds. The van der Waals surface area contributed by atoms with E-state index in [0.717, 1.165) is 0 Å². The predicted molar refractivity (Wildman–Crippen MR) is 83.6 cm³/mol. The van der Waals surface area contributed by atoms with Gasteiger partial charge in [-0.25, -0.2) is 9.48 Å². The van der Waals surface area contributed by atoms with Crippen LogP contribution in [0.1, 0.15) is 32.6 Å². The SMILES string of the molecule is CC1OC(c2c[nH]n(/C=C/C(C)(C)COC(=O)N(C)C)c2=O)O1. The van der Waals surface area contributed by atoms with E-state index in [9.17, 15) is 9.59 Å². The molecule has 0 saturated carbocycles. The zero-order valence-electron chi connectivity index (χ0n) is 14.0. The third kappa shape index (κ3) is 4.23. The van der Waals surface area contributed by atoms with Crippen molar-refractivity contribution >= 4 is 12.3 Å². The van der Waals surface area contributed by atoms with E-state index >= 15 is 0 Å². The lowest BCUT2D eigenvalue weighted by atomic mass is 9.95. The highest BCUT2D eigenvalue weighted by molar-refractivity contribution is 5.66. The molecule has 0 aromatic carbocycles. The molecule has 0 unspecified atom stereocenters. The minimum absolute atomic E-state index is 0.204. The summed E-state index contributed by atoms with van der Waals surface area (Å²) in [6.07, 6.45) is 3.66. The lowest BCUT2D eigenvalue weighted by Crippen LogP contribution is -2.34. The van der Waals surface area contributed by atoms with Crippen LogP contribution in [0.3, 0.4) is 0 Å². The van der Waals surface area contributed by atoms with Gasteiger partial charge >= 0.3 is 6.09 Å². The summed E-state index contributed by atoms with van der Waals surface area (Å²) in [7, 11) is 3.24. The lowest BCUT2D eigenvalue weighted by molar-refractivity contribution is -0.382. The molecule has 2 rings (SSSR count). The van der Waals surface area contributed by atoms with E-state index in [1.807, 2.05) is 13.8 Å². The molecule has 1 fully saturated rings. The number of H-pyrrole nitrogens is 1. The van der Waals surface area contributed by atoms with Gasteiger partial charge in [0.25, 0.3) is 5.56 Å². The number of nitrogens with one attached hydrogen (secondary N) is 1. The number of aromatic nitrogens is 2.